The van der Waals surface area contributed by atoms with Gasteiger partial charge in [0.05, 0.1) is 38.6 Å². The van der Waals surface area contributed by atoms with Crippen molar-refractivity contribution in [3.63, 3.8) is 0 Å². The minimum absolute atomic E-state index is 0.140. The van der Waals surface area contributed by atoms with Crippen molar-refractivity contribution in [1.29, 1.82) is 0 Å². The maximum absolute atomic E-state index is 13.0. The fourth-order valence-corrected chi connectivity index (χ4v) is 8.40. The van der Waals surface area contributed by atoms with E-state index in [1.54, 1.807) is 0 Å². The van der Waals surface area contributed by atoms with E-state index in [9.17, 15) is 19.2 Å². The van der Waals surface area contributed by atoms with Crippen LogP contribution in [0.1, 0.15) is 71.6 Å². The van der Waals surface area contributed by atoms with Crippen molar-refractivity contribution in [3.05, 3.63) is 108 Å². The van der Waals surface area contributed by atoms with Gasteiger partial charge >= 0.3 is 23.9 Å². The van der Waals surface area contributed by atoms with Gasteiger partial charge in [0.25, 0.3) is 0 Å². The summed E-state index contributed by atoms with van der Waals surface area (Å²) < 4.78 is 76.4. The van der Waals surface area contributed by atoms with Gasteiger partial charge in [0.2, 0.25) is 0 Å². The van der Waals surface area contributed by atoms with Gasteiger partial charge in [0.1, 0.15) is 49.3 Å². The Kier molecular flexibility index (Phi) is 18.4. The average Bonchev–Trinajstić information content (AvgIpc) is 3.28. The van der Waals surface area contributed by atoms with Crippen LogP contribution < -0.4 is 0 Å². The lowest BCUT2D eigenvalue weighted by Crippen LogP contribution is -2.65. The molecule has 3 fully saturated rings. The summed E-state index contributed by atoms with van der Waals surface area (Å²) in [5.74, 6) is -2.97. The van der Waals surface area contributed by atoms with Crippen LogP contribution in [0.2, 0.25) is 0 Å². The number of hydrogen-bond donors (Lipinski definition) is 0. The van der Waals surface area contributed by atoms with Gasteiger partial charge in [-0.25, -0.2) is 0 Å². The highest BCUT2D eigenvalue weighted by atomic mass is 16.8. The first-order valence-electron chi connectivity index (χ1n) is 22.2. The summed E-state index contributed by atoms with van der Waals surface area (Å²) in [5.41, 5.74) is 2.75. The highest BCUT2D eigenvalue weighted by Gasteiger charge is 2.55. The molecule has 65 heavy (non-hydrogen) atoms. The van der Waals surface area contributed by atoms with E-state index in [-0.39, 0.29) is 33.0 Å². The second kappa shape index (κ2) is 24.1. The SMILES string of the molecule is CCC1OC(OC2C(COC(C)=O)OCC(OC(C)=O)C2OC(C)=O)C(OC2OC(C)C(OCc3ccccc3)C(OCc3ccccc3)C2OCc2ccccc2)C(OC(C)=O)C1C. The van der Waals surface area contributed by atoms with Crippen molar-refractivity contribution in [2.24, 2.45) is 5.92 Å². The summed E-state index contributed by atoms with van der Waals surface area (Å²) in [7, 11) is 0. The number of esters is 4. The predicted octanol–water partition coefficient (Wildman–Crippen LogP) is 5.79. The van der Waals surface area contributed by atoms with Gasteiger partial charge < -0.3 is 56.8 Å². The lowest BCUT2D eigenvalue weighted by molar-refractivity contribution is -0.380. The smallest absolute Gasteiger partial charge is 0.303 e. The van der Waals surface area contributed by atoms with E-state index >= 15 is 0 Å². The first-order chi connectivity index (χ1) is 31.3. The molecular formula is C49H62O16. The minimum Gasteiger partial charge on any atom is -0.463 e. The monoisotopic (exact) mass is 906 g/mol. The third-order valence-corrected chi connectivity index (χ3v) is 11.5. The van der Waals surface area contributed by atoms with Gasteiger partial charge in [-0.2, -0.15) is 0 Å². The van der Waals surface area contributed by atoms with Crippen molar-refractivity contribution < 1.29 is 76.0 Å². The lowest BCUT2D eigenvalue weighted by Gasteiger charge is -2.50. The average molecular weight is 907 g/mol. The molecule has 6 rings (SSSR count). The van der Waals surface area contributed by atoms with E-state index in [1.807, 2.05) is 112 Å². The molecule has 3 aromatic rings. The van der Waals surface area contributed by atoms with Crippen LogP contribution in [0.3, 0.4) is 0 Å². The lowest BCUT2D eigenvalue weighted by atomic mass is 9.88. The molecule has 16 heteroatoms. The fraction of sp³-hybridized carbons (Fsp3) is 0.551. The molecule has 16 nitrogen and oxygen atoms in total. The molecule has 3 saturated heterocycles. The number of hydrogen-bond acceptors (Lipinski definition) is 16. The Hall–Kier alpha value is -4.78. The highest BCUT2D eigenvalue weighted by molar-refractivity contribution is 5.68. The van der Waals surface area contributed by atoms with Crippen molar-refractivity contribution in [3.8, 4) is 0 Å². The molecule has 0 bridgehead atoms. The van der Waals surface area contributed by atoms with E-state index in [0.717, 1.165) is 16.7 Å². The molecule has 14 atom stereocenters. The van der Waals surface area contributed by atoms with Crippen molar-refractivity contribution in [2.45, 2.75) is 154 Å². The van der Waals surface area contributed by atoms with E-state index < -0.39 is 110 Å². The summed E-state index contributed by atoms with van der Waals surface area (Å²) in [5, 5.41) is 0. The summed E-state index contributed by atoms with van der Waals surface area (Å²) in [6, 6.07) is 29.1. The number of benzene rings is 3. The second-order valence-electron chi connectivity index (χ2n) is 16.5. The summed E-state index contributed by atoms with van der Waals surface area (Å²) in [6.45, 7) is 10.7. The van der Waals surface area contributed by atoms with Crippen LogP contribution in [-0.2, 0) is 95.8 Å². The fourth-order valence-electron chi connectivity index (χ4n) is 8.40. The molecule has 0 spiro atoms. The zero-order valence-electron chi connectivity index (χ0n) is 38.0. The molecule has 3 aromatic carbocycles. The first-order valence-corrected chi connectivity index (χ1v) is 22.2. The molecule has 0 aliphatic carbocycles. The highest BCUT2D eigenvalue weighted by Crippen LogP contribution is 2.39. The van der Waals surface area contributed by atoms with Crippen LogP contribution in [0, 0.1) is 5.92 Å². The zero-order chi connectivity index (χ0) is 46.5. The number of rotatable bonds is 19. The zero-order valence-corrected chi connectivity index (χ0v) is 38.0. The topological polar surface area (TPSA) is 179 Å². The summed E-state index contributed by atoms with van der Waals surface area (Å²) in [6.07, 6.45) is -12.6. The largest absolute Gasteiger partial charge is 0.463 e. The summed E-state index contributed by atoms with van der Waals surface area (Å²) in [4.78, 5) is 50.0. The van der Waals surface area contributed by atoms with Crippen LogP contribution in [0.5, 0.6) is 0 Å². The van der Waals surface area contributed by atoms with E-state index in [2.05, 4.69) is 0 Å². The predicted molar refractivity (Wildman–Crippen MR) is 230 cm³/mol. The van der Waals surface area contributed by atoms with Crippen LogP contribution in [0.4, 0.5) is 0 Å². The quantitative estimate of drug-likeness (QED) is 0.104. The Balaban J connectivity index is 1.40. The summed E-state index contributed by atoms with van der Waals surface area (Å²) >= 11 is 0. The molecule has 0 N–H and O–H groups in total. The molecule has 0 saturated carbocycles. The maximum atomic E-state index is 13.0. The van der Waals surface area contributed by atoms with Crippen molar-refractivity contribution in [2.75, 3.05) is 13.2 Å². The van der Waals surface area contributed by atoms with Crippen molar-refractivity contribution >= 4 is 23.9 Å². The maximum Gasteiger partial charge on any atom is 0.303 e. The molecule has 354 valence electrons. The molecule has 0 radical (unpaired) electrons. The number of carbonyl (C=O) groups is 4. The third-order valence-electron chi connectivity index (χ3n) is 11.5. The Labute approximate surface area is 380 Å². The number of carbonyl (C=O) groups excluding carboxylic acids is 4. The van der Waals surface area contributed by atoms with E-state index in [4.69, 9.17) is 56.8 Å². The molecule has 0 amide bonds. The van der Waals surface area contributed by atoms with Gasteiger partial charge in [-0.05, 0) is 30.0 Å². The number of ether oxygens (including phenoxy) is 12. The molecule has 0 aromatic heterocycles. The Morgan fingerprint density at radius 3 is 1.51 bits per heavy atom. The molecule has 14 unspecified atom stereocenters. The molecule has 3 heterocycles. The van der Waals surface area contributed by atoms with Gasteiger partial charge in [-0.1, -0.05) is 105 Å². The van der Waals surface area contributed by atoms with Crippen molar-refractivity contribution in [1.82, 2.24) is 0 Å². The Morgan fingerprint density at radius 1 is 0.523 bits per heavy atom. The first kappa shape index (κ1) is 49.6. The molecule has 3 aliphatic heterocycles. The van der Waals surface area contributed by atoms with Gasteiger partial charge in [-0.3, -0.25) is 19.2 Å². The standard InChI is InChI=1S/C49H62O16/c1-8-38-29(2)41(61-33(6)52)47(49(63-38)64-43-39(27-54-31(4)50)55-28-40(60-32(5)51)44(43)62-34(7)53)65-48-46(58-26-37-22-16-11-17-23-37)45(57-25-36-20-14-10-15-21-36)42(30(3)59-48)56-24-35-18-12-9-13-19-35/h9-23,29-30,38-49H,8,24-28H2,1-7H3. The normalized spacial score (nSPS) is 31.3. The van der Waals surface area contributed by atoms with E-state index in [1.165, 1.54) is 27.7 Å². The minimum atomic E-state index is -1.38. The molecule has 3 aliphatic rings. The second-order valence-corrected chi connectivity index (χ2v) is 16.5. The van der Waals surface area contributed by atoms with Crippen LogP contribution in [0.15, 0.2) is 91.0 Å². The third kappa shape index (κ3) is 13.9. The van der Waals surface area contributed by atoms with E-state index in [0.29, 0.717) is 6.42 Å². The Morgan fingerprint density at radius 2 is 1.00 bits per heavy atom. The Bertz CT molecular complexity index is 1950. The van der Waals surface area contributed by atoms with Crippen LogP contribution in [-0.4, -0.2) is 117 Å². The van der Waals surface area contributed by atoms with Crippen LogP contribution in [0.25, 0.3) is 0 Å². The van der Waals surface area contributed by atoms with Gasteiger partial charge in [-0.15, -0.1) is 0 Å². The molecular weight excluding hydrogens is 845 g/mol. The van der Waals surface area contributed by atoms with Crippen LogP contribution >= 0.6 is 0 Å². The van der Waals surface area contributed by atoms with Gasteiger partial charge in [0.15, 0.2) is 24.8 Å². The van der Waals surface area contributed by atoms with Gasteiger partial charge in [0, 0.05) is 33.6 Å².